The topological polar surface area (TPSA) is 87.5 Å². The number of hydrazine groups is 1. The Labute approximate surface area is 95.5 Å². The highest BCUT2D eigenvalue weighted by Crippen LogP contribution is 2.22. The van der Waals surface area contributed by atoms with E-state index in [1.807, 2.05) is 0 Å². The molecule has 0 aromatic heterocycles. The zero-order chi connectivity index (χ0) is 12.3. The standard InChI is InChI=1S/C9H16N4O2S/c1-11-16(14,15)7-4-5-8(10)9(6-7)12-13(2)3/h4-6,11-12H,10H2,1-3H3. The fourth-order valence-electron chi connectivity index (χ4n) is 1.16. The largest absolute Gasteiger partial charge is 0.397 e. The van der Waals surface area contributed by atoms with E-state index < -0.39 is 10.0 Å². The summed E-state index contributed by atoms with van der Waals surface area (Å²) in [4.78, 5) is 0.175. The maximum absolute atomic E-state index is 11.6. The lowest BCUT2D eigenvalue weighted by Gasteiger charge is -2.16. The van der Waals surface area contributed by atoms with Gasteiger partial charge in [-0.2, -0.15) is 0 Å². The van der Waals surface area contributed by atoms with E-state index >= 15 is 0 Å². The van der Waals surface area contributed by atoms with E-state index in [-0.39, 0.29) is 4.90 Å². The number of nitrogens with zero attached hydrogens (tertiary/aromatic N) is 1. The fourth-order valence-corrected chi connectivity index (χ4v) is 1.91. The van der Waals surface area contributed by atoms with Crippen molar-refractivity contribution in [3.63, 3.8) is 0 Å². The van der Waals surface area contributed by atoms with Crippen molar-refractivity contribution in [2.75, 3.05) is 32.3 Å². The van der Waals surface area contributed by atoms with Crippen molar-refractivity contribution in [1.82, 2.24) is 9.73 Å². The Kier molecular flexibility index (Phi) is 3.74. The van der Waals surface area contributed by atoms with Crippen LogP contribution in [0.2, 0.25) is 0 Å². The van der Waals surface area contributed by atoms with Crippen molar-refractivity contribution in [3.05, 3.63) is 18.2 Å². The molecule has 0 atom stereocenters. The molecule has 0 spiro atoms. The number of nitrogen functional groups attached to an aromatic ring is 1. The van der Waals surface area contributed by atoms with Crippen molar-refractivity contribution in [2.24, 2.45) is 0 Å². The molecule has 7 heteroatoms. The Morgan fingerprint density at radius 1 is 1.31 bits per heavy atom. The Morgan fingerprint density at radius 2 is 1.94 bits per heavy atom. The number of anilines is 2. The average Bonchev–Trinajstić information content (AvgIpc) is 2.20. The lowest BCUT2D eigenvalue weighted by molar-refractivity contribution is 0.495. The molecule has 0 heterocycles. The summed E-state index contributed by atoms with van der Waals surface area (Å²) in [7, 11) is 1.51. The SMILES string of the molecule is CNS(=O)(=O)c1ccc(N)c(NN(C)C)c1. The molecular weight excluding hydrogens is 228 g/mol. The van der Waals surface area contributed by atoms with Crippen LogP contribution in [-0.2, 0) is 10.0 Å². The summed E-state index contributed by atoms with van der Waals surface area (Å²) >= 11 is 0. The summed E-state index contributed by atoms with van der Waals surface area (Å²) in [6, 6.07) is 4.50. The molecular formula is C9H16N4O2S. The van der Waals surface area contributed by atoms with Gasteiger partial charge in [-0.25, -0.2) is 18.1 Å². The van der Waals surface area contributed by atoms with E-state index in [4.69, 9.17) is 5.73 Å². The van der Waals surface area contributed by atoms with Crippen molar-refractivity contribution in [3.8, 4) is 0 Å². The predicted molar refractivity (Wildman–Crippen MR) is 64.4 cm³/mol. The maximum atomic E-state index is 11.6. The summed E-state index contributed by atoms with van der Waals surface area (Å²) in [6.07, 6.45) is 0. The molecule has 1 rings (SSSR count). The number of sulfonamides is 1. The highest BCUT2D eigenvalue weighted by atomic mass is 32.2. The van der Waals surface area contributed by atoms with Gasteiger partial charge < -0.3 is 11.2 Å². The molecule has 0 saturated heterocycles. The zero-order valence-corrected chi connectivity index (χ0v) is 10.3. The zero-order valence-electron chi connectivity index (χ0n) is 9.48. The molecule has 0 radical (unpaired) electrons. The van der Waals surface area contributed by atoms with Gasteiger partial charge in [-0.15, -0.1) is 0 Å². The molecule has 90 valence electrons. The van der Waals surface area contributed by atoms with Crippen LogP contribution < -0.4 is 15.9 Å². The van der Waals surface area contributed by atoms with E-state index in [9.17, 15) is 8.42 Å². The lowest BCUT2D eigenvalue weighted by atomic mass is 10.3. The van der Waals surface area contributed by atoms with Crippen LogP contribution in [0, 0.1) is 0 Å². The maximum Gasteiger partial charge on any atom is 0.240 e. The van der Waals surface area contributed by atoms with Gasteiger partial charge in [0, 0.05) is 14.1 Å². The van der Waals surface area contributed by atoms with Crippen LogP contribution in [0.15, 0.2) is 23.1 Å². The van der Waals surface area contributed by atoms with Crippen LogP contribution in [0.5, 0.6) is 0 Å². The molecule has 1 aromatic rings. The van der Waals surface area contributed by atoms with Crippen LogP contribution in [0.3, 0.4) is 0 Å². The lowest BCUT2D eigenvalue weighted by Crippen LogP contribution is -2.22. The predicted octanol–water partition coefficient (Wildman–Crippen LogP) is 0.0654. The van der Waals surface area contributed by atoms with Crippen molar-refractivity contribution in [1.29, 1.82) is 0 Å². The normalized spacial score (nSPS) is 11.8. The van der Waals surface area contributed by atoms with Crippen LogP contribution in [0.4, 0.5) is 11.4 Å². The molecule has 0 aliphatic rings. The minimum Gasteiger partial charge on any atom is -0.397 e. The van der Waals surface area contributed by atoms with Gasteiger partial charge >= 0.3 is 0 Å². The summed E-state index contributed by atoms with van der Waals surface area (Å²) in [5, 5.41) is 1.68. The molecule has 16 heavy (non-hydrogen) atoms. The molecule has 6 nitrogen and oxygen atoms in total. The van der Waals surface area contributed by atoms with Gasteiger partial charge in [0.25, 0.3) is 0 Å². The summed E-state index contributed by atoms with van der Waals surface area (Å²) in [6.45, 7) is 0. The first-order valence-corrected chi connectivity index (χ1v) is 6.12. The van der Waals surface area contributed by atoms with E-state index in [0.717, 1.165) is 0 Å². The fraction of sp³-hybridized carbons (Fsp3) is 0.333. The van der Waals surface area contributed by atoms with E-state index in [2.05, 4.69) is 10.1 Å². The smallest absolute Gasteiger partial charge is 0.240 e. The van der Waals surface area contributed by atoms with E-state index in [1.165, 1.54) is 19.2 Å². The highest BCUT2D eigenvalue weighted by molar-refractivity contribution is 7.89. The first kappa shape index (κ1) is 12.8. The average molecular weight is 244 g/mol. The molecule has 0 saturated carbocycles. The van der Waals surface area contributed by atoms with Crippen molar-refractivity contribution >= 4 is 21.4 Å². The number of hydrogen-bond acceptors (Lipinski definition) is 5. The van der Waals surface area contributed by atoms with Crippen LogP contribution in [0.1, 0.15) is 0 Å². The molecule has 4 N–H and O–H groups in total. The Hall–Kier alpha value is -1.31. The van der Waals surface area contributed by atoms with Gasteiger partial charge in [0.15, 0.2) is 0 Å². The molecule has 0 aliphatic carbocycles. The third kappa shape index (κ3) is 2.84. The minimum absolute atomic E-state index is 0.175. The minimum atomic E-state index is -3.44. The number of nitrogens with one attached hydrogen (secondary N) is 2. The van der Waals surface area contributed by atoms with E-state index in [1.54, 1.807) is 25.2 Å². The Morgan fingerprint density at radius 3 is 2.44 bits per heavy atom. The Balaban J connectivity index is 3.17. The Bertz CT molecular complexity index is 470. The second-order valence-electron chi connectivity index (χ2n) is 3.46. The molecule has 0 unspecified atom stereocenters. The second-order valence-corrected chi connectivity index (χ2v) is 5.35. The van der Waals surface area contributed by atoms with Gasteiger partial charge in [0.2, 0.25) is 10.0 Å². The molecule has 0 amide bonds. The number of nitrogens with two attached hydrogens (primary N) is 1. The van der Waals surface area contributed by atoms with Crippen molar-refractivity contribution < 1.29 is 8.42 Å². The van der Waals surface area contributed by atoms with Gasteiger partial charge in [0.05, 0.1) is 16.3 Å². The number of benzene rings is 1. The van der Waals surface area contributed by atoms with Gasteiger partial charge in [-0.05, 0) is 25.2 Å². The van der Waals surface area contributed by atoms with Gasteiger partial charge in [-0.1, -0.05) is 0 Å². The first-order chi connectivity index (χ1) is 7.36. The summed E-state index contributed by atoms with van der Waals surface area (Å²) < 4.78 is 25.4. The summed E-state index contributed by atoms with van der Waals surface area (Å²) in [5.74, 6) is 0. The first-order valence-electron chi connectivity index (χ1n) is 4.64. The number of rotatable bonds is 4. The number of hydrogen-bond donors (Lipinski definition) is 3. The van der Waals surface area contributed by atoms with Crippen molar-refractivity contribution in [2.45, 2.75) is 4.90 Å². The molecule has 0 fully saturated rings. The van der Waals surface area contributed by atoms with Gasteiger partial charge in [0.1, 0.15) is 0 Å². The van der Waals surface area contributed by atoms with Crippen LogP contribution in [0.25, 0.3) is 0 Å². The second kappa shape index (κ2) is 4.69. The highest BCUT2D eigenvalue weighted by Gasteiger charge is 2.13. The molecule has 1 aromatic carbocycles. The van der Waals surface area contributed by atoms with E-state index in [0.29, 0.717) is 11.4 Å². The van der Waals surface area contributed by atoms with Crippen LogP contribution in [-0.4, -0.2) is 34.6 Å². The van der Waals surface area contributed by atoms with Gasteiger partial charge in [-0.3, -0.25) is 0 Å². The quantitative estimate of drug-likeness (QED) is 0.515. The van der Waals surface area contributed by atoms with Crippen LogP contribution >= 0.6 is 0 Å². The third-order valence-electron chi connectivity index (χ3n) is 1.95. The summed E-state index contributed by atoms with van der Waals surface area (Å²) in [5.41, 5.74) is 9.69. The third-order valence-corrected chi connectivity index (χ3v) is 3.36. The monoisotopic (exact) mass is 244 g/mol. The molecule has 0 aliphatic heterocycles. The molecule has 0 bridgehead atoms.